The van der Waals surface area contributed by atoms with Gasteiger partial charge >= 0.3 is 0 Å². The highest BCUT2D eigenvalue weighted by Gasteiger charge is 2.20. The summed E-state index contributed by atoms with van der Waals surface area (Å²) in [4.78, 5) is 19.7. The number of nitrogens with two attached hydrogens (primary N) is 1. The Morgan fingerprint density at radius 3 is 2.81 bits per heavy atom. The smallest absolute Gasteiger partial charge is 0.222 e. The van der Waals surface area contributed by atoms with Gasteiger partial charge in [-0.3, -0.25) is 9.67 Å². The van der Waals surface area contributed by atoms with Crippen LogP contribution in [0.25, 0.3) is 0 Å². The lowest BCUT2D eigenvalue weighted by atomic mass is 10.1. The summed E-state index contributed by atoms with van der Waals surface area (Å²) in [5.74, 6) is 1.98. The van der Waals surface area contributed by atoms with Gasteiger partial charge in [-0.25, -0.2) is 9.97 Å². The molecule has 0 spiro atoms. The maximum absolute atomic E-state index is 5.94. The van der Waals surface area contributed by atoms with Crippen LogP contribution in [0, 0.1) is 0 Å². The number of nitrogens with zero attached hydrogens (tertiary/aromatic N) is 7. The Balaban J connectivity index is 1.55. The van der Waals surface area contributed by atoms with Gasteiger partial charge in [-0.1, -0.05) is 0 Å². The number of anilines is 3. The van der Waals surface area contributed by atoms with Crippen molar-refractivity contribution in [3.63, 3.8) is 0 Å². The van der Waals surface area contributed by atoms with Crippen molar-refractivity contribution < 1.29 is 0 Å². The first-order valence-electron chi connectivity index (χ1n) is 8.56. The van der Waals surface area contributed by atoms with Crippen LogP contribution < -0.4 is 16.0 Å². The number of hydrogen-bond acceptors (Lipinski definition) is 8. The van der Waals surface area contributed by atoms with Gasteiger partial charge in [0.25, 0.3) is 0 Å². The van der Waals surface area contributed by atoms with E-state index in [1.165, 1.54) is 0 Å². The van der Waals surface area contributed by atoms with Gasteiger partial charge < -0.3 is 16.0 Å². The van der Waals surface area contributed by atoms with E-state index >= 15 is 0 Å². The van der Waals surface area contributed by atoms with Gasteiger partial charge in [0.2, 0.25) is 5.95 Å². The molecule has 134 valence electrons. The normalized spacial score (nSPS) is 14.0. The minimum absolute atomic E-state index is 0.297. The lowest BCUT2D eigenvalue weighted by Crippen LogP contribution is -2.27. The predicted octanol–water partition coefficient (Wildman–Crippen LogP) is 0.800. The quantitative estimate of drug-likeness (QED) is 0.710. The highest BCUT2D eigenvalue weighted by atomic mass is 15.2. The molecule has 3 aromatic heterocycles. The van der Waals surface area contributed by atoms with E-state index in [-0.39, 0.29) is 0 Å². The molecule has 0 aromatic carbocycles. The molecule has 0 radical (unpaired) electrons. The SMILES string of the molecule is Cn1cc(CNc2nc(N)nc3c2CCN(c2cnccn2)CC3)cn1. The number of hydrogen-bond donors (Lipinski definition) is 2. The Hall–Kier alpha value is -3.23. The molecule has 0 fully saturated rings. The number of nitrogens with one attached hydrogen (secondary N) is 1. The van der Waals surface area contributed by atoms with Crippen LogP contribution in [-0.4, -0.2) is 42.8 Å². The molecule has 3 aromatic rings. The molecule has 1 aliphatic heterocycles. The summed E-state index contributed by atoms with van der Waals surface area (Å²) in [6.45, 7) is 2.30. The fourth-order valence-electron chi connectivity index (χ4n) is 3.20. The van der Waals surface area contributed by atoms with Crippen molar-refractivity contribution in [1.82, 2.24) is 29.7 Å². The highest BCUT2D eigenvalue weighted by molar-refractivity contribution is 5.52. The molecular formula is C17H21N9. The van der Waals surface area contributed by atoms with E-state index in [9.17, 15) is 0 Å². The topological polar surface area (TPSA) is 111 Å². The molecule has 0 saturated carbocycles. The van der Waals surface area contributed by atoms with Gasteiger partial charge in [-0.2, -0.15) is 10.1 Å². The maximum Gasteiger partial charge on any atom is 0.222 e. The molecule has 9 heteroatoms. The molecule has 0 saturated heterocycles. The first-order valence-corrected chi connectivity index (χ1v) is 8.56. The van der Waals surface area contributed by atoms with Crippen LogP contribution in [-0.2, 0) is 26.4 Å². The van der Waals surface area contributed by atoms with Crippen LogP contribution in [0.3, 0.4) is 0 Å². The number of aromatic nitrogens is 6. The first kappa shape index (κ1) is 16.2. The largest absolute Gasteiger partial charge is 0.368 e. The van der Waals surface area contributed by atoms with Crippen molar-refractivity contribution in [2.24, 2.45) is 7.05 Å². The standard InChI is InChI=1S/C17H21N9/c1-25-11-12(9-22-25)8-21-16-13-2-6-26(15-10-19-4-5-20-15)7-3-14(13)23-17(18)24-16/h4-5,9-11H,2-3,6-8H2,1H3,(H3,18,21,23,24). The van der Waals surface area contributed by atoms with Gasteiger partial charge in [0.05, 0.1) is 18.1 Å². The molecule has 0 bridgehead atoms. The van der Waals surface area contributed by atoms with Gasteiger partial charge in [0.15, 0.2) is 0 Å². The maximum atomic E-state index is 5.94. The summed E-state index contributed by atoms with van der Waals surface area (Å²) in [5, 5.41) is 7.59. The second-order valence-corrected chi connectivity index (χ2v) is 6.28. The Morgan fingerprint density at radius 1 is 1.15 bits per heavy atom. The fourth-order valence-corrected chi connectivity index (χ4v) is 3.20. The molecular weight excluding hydrogens is 330 g/mol. The lowest BCUT2D eigenvalue weighted by molar-refractivity contribution is 0.767. The molecule has 9 nitrogen and oxygen atoms in total. The summed E-state index contributed by atoms with van der Waals surface area (Å²) >= 11 is 0. The Kier molecular flexibility index (Phi) is 4.34. The monoisotopic (exact) mass is 351 g/mol. The van der Waals surface area contributed by atoms with Crippen molar-refractivity contribution in [1.29, 1.82) is 0 Å². The van der Waals surface area contributed by atoms with Gasteiger partial charge in [0, 0.05) is 62.8 Å². The summed E-state index contributed by atoms with van der Waals surface area (Å²) in [5.41, 5.74) is 9.15. The third-order valence-corrected chi connectivity index (χ3v) is 4.45. The summed E-state index contributed by atoms with van der Waals surface area (Å²) < 4.78 is 1.78. The number of rotatable bonds is 4. The molecule has 26 heavy (non-hydrogen) atoms. The zero-order valence-corrected chi connectivity index (χ0v) is 14.6. The van der Waals surface area contributed by atoms with E-state index < -0.39 is 0 Å². The summed E-state index contributed by atoms with van der Waals surface area (Å²) in [6, 6.07) is 0. The van der Waals surface area contributed by atoms with E-state index in [4.69, 9.17) is 5.73 Å². The molecule has 0 unspecified atom stereocenters. The van der Waals surface area contributed by atoms with Crippen LogP contribution in [0.4, 0.5) is 17.6 Å². The second kappa shape index (κ2) is 6.95. The average molecular weight is 351 g/mol. The Morgan fingerprint density at radius 2 is 2.04 bits per heavy atom. The first-order chi connectivity index (χ1) is 12.7. The van der Waals surface area contributed by atoms with E-state index in [0.717, 1.165) is 54.4 Å². The van der Waals surface area contributed by atoms with Gasteiger partial charge in [-0.15, -0.1) is 0 Å². The molecule has 0 amide bonds. The Bertz CT molecular complexity index is 891. The predicted molar refractivity (Wildman–Crippen MR) is 98.6 cm³/mol. The molecule has 4 rings (SSSR count). The van der Waals surface area contributed by atoms with Crippen LogP contribution in [0.15, 0.2) is 31.0 Å². The van der Waals surface area contributed by atoms with Crippen molar-refractivity contribution in [3.05, 3.63) is 47.8 Å². The van der Waals surface area contributed by atoms with Crippen molar-refractivity contribution in [2.45, 2.75) is 19.4 Å². The van der Waals surface area contributed by atoms with Crippen molar-refractivity contribution in [2.75, 3.05) is 29.0 Å². The van der Waals surface area contributed by atoms with Crippen molar-refractivity contribution in [3.8, 4) is 0 Å². The van der Waals surface area contributed by atoms with Crippen LogP contribution in [0.1, 0.15) is 16.8 Å². The van der Waals surface area contributed by atoms with Crippen LogP contribution in [0.2, 0.25) is 0 Å². The number of fused-ring (bicyclic) bond motifs is 1. The summed E-state index contributed by atoms with van der Waals surface area (Å²) in [6.07, 6.45) is 10.6. The second-order valence-electron chi connectivity index (χ2n) is 6.28. The molecule has 4 heterocycles. The third kappa shape index (κ3) is 3.41. The molecule has 1 aliphatic rings. The number of nitrogen functional groups attached to an aromatic ring is 1. The van der Waals surface area contributed by atoms with Crippen molar-refractivity contribution >= 4 is 17.6 Å². The van der Waals surface area contributed by atoms with E-state index in [2.05, 4.69) is 35.3 Å². The van der Waals surface area contributed by atoms with Crippen LogP contribution in [0.5, 0.6) is 0 Å². The van der Waals surface area contributed by atoms with E-state index in [1.54, 1.807) is 23.3 Å². The zero-order chi connectivity index (χ0) is 17.9. The minimum Gasteiger partial charge on any atom is -0.368 e. The Labute approximate surface area is 151 Å². The minimum atomic E-state index is 0.297. The van der Waals surface area contributed by atoms with Crippen LogP contribution >= 0.6 is 0 Å². The van der Waals surface area contributed by atoms with Gasteiger partial charge in [0.1, 0.15) is 11.6 Å². The van der Waals surface area contributed by atoms with E-state index in [0.29, 0.717) is 12.5 Å². The zero-order valence-electron chi connectivity index (χ0n) is 14.6. The highest BCUT2D eigenvalue weighted by Crippen LogP contribution is 2.24. The number of aryl methyl sites for hydroxylation is 1. The van der Waals surface area contributed by atoms with E-state index in [1.807, 2.05) is 19.4 Å². The summed E-state index contributed by atoms with van der Waals surface area (Å²) in [7, 11) is 1.90. The molecule has 3 N–H and O–H groups in total. The fraction of sp³-hybridized carbons (Fsp3) is 0.353. The van der Waals surface area contributed by atoms with Gasteiger partial charge in [-0.05, 0) is 6.42 Å². The lowest BCUT2D eigenvalue weighted by Gasteiger charge is -2.20. The average Bonchev–Trinajstić information content (AvgIpc) is 2.94. The molecule has 0 aliphatic carbocycles. The molecule has 0 atom stereocenters. The third-order valence-electron chi connectivity index (χ3n) is 4.45.